The van der Waals surface area contributed by atoms with Crippen molar-refractivity contribution in [2.24, 2.45) is 5.92 Å². The van der Waals surface area contributed by atoms with E-state index in [9.17, 15) is 9.59 Å². The Balaban J connectivity index is 0.000000293. The molecule has 0 saturated heterocycles. The van der Waals surface area contributed by atoms with E-state index in [0.717, 1.165) is 31.8 Å². The van der Waals surface area contributed by atoms with E-state index >= 15 is 0 Å². The number of carboxylic acids is 1. The first-order valence-corrected chi connectivity index (χ1v) is 5.63. The molecular weight excluding hydrogens is 208 g/mol. The van der Waals surface area contributed by atoms with Crippen molar-refractivity contribution in [3.05, 3.63) is 12.7 Å². The normalized spacial score (nSPS) is 15.6. The Morgan fingerprint density at radius 3 is 2.19 bits per heavy atom. The topological polar surface area (TPSA) is 63.6 Å². The predicted octanol–water partition coefficient (Wildman–Crippen LogP) is 2.39. The van der Waals surface area contributed by atoms with Crippen LogP contribution in [0.2, 0.25) is 0 Å². The van der Waals surface area contributed by atoms with E-state index < -0.39 is 5.97 Å². The molecule has 0 radical (unpaired) electrons. The molecule has 0 aromatic heterocycles. The molecule has 92 valence electrons. The van der Waals surface area contributed by atoms with Crippen molar-refractivity contribution >= 4 is 11.9 Å². The van der Waals surface area contributed by atoms with Crippen LogP contribution in [0.15, 0.2) is 12.7 Å². The molecule has 4 nitrogen and oxygen atoms in total. The minimum atomic E-state index is -0.602. The zero-order valence-electron chi connectivity index (χ0n) is 9.78. The van der Waals surface area contributed by atoms with E-state index in [4.69, 9.17) is 5.11 Å². The first-order chi connectivity index (χ1) is 7.61. The number of hydrogen-bond acceptors (Lipinski definition) is 3. The zero-order chi connectivity index (χ0) is 12.4. The van der Waals surface area contributed by atoms with Crippen LogP contribution in [0.3, 0.4) is 0 Å². The second-order valence-electron chi connectivity index (χ2n) is 3.63. The summed E-state index contributed by atoms with van der Waals surface area (Å²) in [6.45, 7) is 5.38. The molecule has 16 heavy (non-hydrogen) atoms. The fourth-order valence-electron chi connectivity index (χ4n) is 1.55. The van der Waals surface area contributed by atoms with Crippen LogP contribution in [-0.4, -0.2) is 23.7 Å². The molecule has 0 unspecified atom stereocenters. The molecule has 1 N–H and O–H groups in total. The summed E-state index contributed by atoms with van der Waals surface area (Å²) in [5.74, 6) is -0.990. The molecule has 0 spiro atoms. The molecule has 0 aromatic carbocycles. The van der Waals surface area contributed by atoms with Gasteiger partial charge in [0, 0.05) is 6.08 Å². The summed E-state index contributed by atoms with van der Waals surface area (Å²) in [6.07, 6.45) is 6.38. The minimum Gasteiger partial charge on any atom is -0.481 e. The average molecular weight is 228 g/mol. The van der Waals surface area contributed by atoms with Crippen LogP contribution in [-0.2, 0) is 14.3 Å². The highest BCUT2D eigenvalue weighted by Gasteiger charge is 2.19. The zero-order valence-corrected chi connectivity index (χ0v) is 9.78. The van der Waals surface area contributed by atoms with Crippen LogP contribution < -0.4 is 0 Å². The number of hydrogen-bond donors (Lipinski definition) is 1. The maximum Gasteiger partial charge on any atom is 0.330 e. The molecule has 4 heteroatoms. The van der Waals surface area contributed by atoms with Gasteiger partial charge in [0.25, 0.3) is 0 Å². The third kappa shape index (κ3) is 7.04. The molecule has 1 aliphatic carbocycles. The van der Waals surface area contributed by atoms with E-state index in [-0.39, 0.29) is 11.9 Å². The van der Waals surface area contributed by atoms with Gasteiger partial charge in [0.05, 0.1) is 12.5 Å². The van der Waals surface area contributed by atoms with E-state index in [1.165, 1.54) is 6.42 Å². The van der Waals surface area contributed by atoms with Crippen molar-refractivity contribution in [2.45, 2.75) is 39.0 Å². The number of rotatable bonds is 3. The summed E-state index contributed by atoms with van der Waals surface area (Å²) in [5, 5.41) is 8.54. The van der Waals surface area contributed by atoms with Gasteiger partial charge in [-0.15, -0.1) is 0 Å². The second-order valence-corrected chi connectivity index (χ2v) is 3.63. The van der Waals surface area contributed by atoms with Gasteiger partial charge in [-0.2, -0.15) is 0 Å². The van der Waals surface area contributed by atoms with Gasteiger partial charge in [0.1, 0.15) is 0 Å². The SMILES string of the molecule is C=CC(=O)OCC.O=C(O)C1CCCCC1. The summed E-state index contributed by atoms with van der Waals surface area (Å²) in [5.41, 5.74) is 0. The summed E-state index contributed by atoms with van der Waals surface area (Å²) in [7, 11) is 0. The van der Waals surface area contributed by atoms with Gasteiger partial charge in [-0.25, -0.2) is 4.79 Å². The van der Waals surface area contributed by atoms with Crippen molar-refractivity contribution in [2.75, 3.05) is 6.61 Å². The number of carbonyl (C=O) groups is 2. The summed E-state index contributed by atoms with van der Waals surface area (Å²) in [4.78, 5) is 20.4. The lowest BCUT2D eigenvalue weighted by Crippen LogP contribution is -2.16. The molecule has 0 heterocycles. The summed E-state index contributed by atoms with van der Waals surface area (Å²) >= 11 is 0. The number of ether oxygens (including phenoxy) is 1. The third-order valence-electron chi connectivity index (χ3n) is 2.41. The Bertz CT molecular complexity index is 229. The van der Waals surface area contributed by atoms with Gasteiger partial charge in [0.2, 0.25) is 0 Å². The molecule has 1 rings (SSSR count). The molecule has 0 aliphatic heterocycles. The van der Waals surface area contributed by atoms with E-state index in [1.54, 1.807) is 6.92 Å². The molecule has 0 aromatic rings. The van der Waals surface area contributed by atoms with Crippen molar-refractivity contribution in [3.63, 3.8) is 0 Å². The minimum absolute atomic E-state index is 0.0289. The monoisotopic (exact) mass is 228 g/mol. The van der Waals surface area contributed by atoms with Crippen LogP contribution in [0.4, 0.5) is 0 Å². The predicted molar refractivity (Wildman–Crippen MR) is 61.0 cm³/mol. The molecule has 0 amide bonds. The lowest BCUT2D eigenvalue weighted by Gasteiger charge is -2.16. The van der Waals surface area contributed by atoms with Gasteiger partial charge in [-0.1, -0.05) is 25.8 Å². The van der Waals surface area contributed by atoms with Crippen molar-refractivity contribution in [3.8, 4) is 0 Å². The third-order valence-corrected chi connectivity index (χ3v) is 2.41. The molecule has 0 bridgehead atoms. The maximum absolute atomic E-state index is 10.4. The Hall–Kier alpha value is -1.32. The fourth-order valence-corrected chi connectivity index (χ4v) is 1.55. The van der Waals surface area contributed by atoms with Crippen molar-refractivity contribution < 1.29 is 19.4 Å². The Morgan fingerprint density at radius 2 is 1.94 bits per heavy atom. The first kappa shape index (κ1) is 14.7. The van der Waals surface area contributed by atoms with E-state index in [0.29, 0.717) is 6.61 Å². The second kappa shape index (κ2) is 8.95. The van der Waals surface area contributed by atoms with Gasteiger partial charge in [0.15, 0.2) is 0 Å². The first-order valence-electron chi connectivity index (χ1n) is 5.63. The molecular formula is C12H20O4. The van der Waals surface area contributed by atoms with Gasteiger partial charge in [-0.3, -0.25) is 4.79 Å². The molecule has 0 atom stereocenters. The van der Waals surface area contributed by atoms with Crippen LogP contribution >= 0.6 is 0 Å². The molecule has 1 fully saturated rings. The Morgan fingerprint density at radius 1 is 1.38 bits per heavy atom. The van der Waals surface area contributed by atoms with E-state index in [1.807, 2.05) is 0 Å². The van der Waals surface area contributed by atoms with Crippen LogP contribution in [0.5, 0.6) is 0 Å². The summed E-state index contributed by atoms with van der Waals surface area (Å²) < 4.78 is 4.43. The number of aliphatic carboxylic acids is 1. The quantitative estimate of drug-likeness (QED) is 0.595. The van der Waals surface area contributed by atoms with Crippen LogP contribution in [0.1, 0.15) is 39.0 Å². The lowest BCUT2D eigenvalue weighted by atomic mass is 9.90. The number of carbonyl (C=O) groups excluding carboxylic acids is 1. The highest BCUT2D eigenvalue weighted by atomic mass is 16.5. The smallest absolute Gasteiger partial charge is 0.330 e. The van der Waals surface area contributed by atoms with Crippen molar-refractivity contribution in [1.82, 2.24) is 0 Å². The van der Waals surface area contributed by atoms with Gasteiger partial charge >= 0.3 is 11.9 Å². The highest BCUT2D eigenvalue weighted by Crippen LogP contribution is 2.23. The maximum atomic E-state index is 10.4. The fraction of sp³-hybridized carbons (Fsp3) is 0.667. The number of carboxylic acid groups (broad SMARTS) is 1. The summed E-state index contributed by atoms with van der Waals surface area (Å²) in [6, 6.07) is 0. The largest absolute Gasteiger partial charge is 0.481 e. The molecule has 1 saturated carbocycles. The highest BCUT2D eigenvalue weighted by molar-refractivity contribution is 5.81. The standard InChI is InChI=1S/C7H12O2.C5H8O2/c8-7(9)6-4-2-1-3-5-6;1-3-5(6)7-4-2/h6H,1-5H2,(H,8,9);3H,1,4H2,2H3. The van der Waals surface area contributed by atoms with Gasteiger partial charge < -0.3 is 9.84 Å². The van der Waals surface area contributed by atoms with Crippen LogP contribution in [0.25, 0.3) is 0 Å². The van der Waals surface area contributed by atoms with Gasteiger partial charge in [-0.05, 0) is 19.8 Å². The number of esters is 1. The Kier molecular flexibility index (Phi) is 8.21. The molecule has 1 aliphatic rings. The Labute approximate surface area is 96.3 Å². The van der Waals surface area contributed by atoms with Crippen molar-refractivity contribution in [1.29, 1.82) is 0 Å². The average Bonchev–Trinajstić information content (AvgIpc) is 2.31. The van der Waals surface area contributed by atoms with Crippen LogP contribution in [0, 0.1) is 5.92 Å². The van der Waals surface area contributed by atoms with E-state index in [2.05, 4.69) is 11.3 Å². The lowest BCUT2D eigenvalue weighted by molar-refractivity contribution is -0.142.